The van der Waals surface area contributed by atoms with E-state index < -0.39 is 6.10 Å². The summed E-state index contributed by atoms with van der Waals surface area (Å²) in [5.41, 5.74) is 0.914. The van der Waals surface area contributed by atoms with Gasteiger partial charge in [0.2, 0.25) is 5.91 Å². The zero-order valence-electron chi connectivity index (χ0n) is 11.9. The first-order valence-electron chi connectivity index (χ1n) is 7.47. The Labute approximate surface area is 135 Å². The minimum Gasteiger partial charge on any atom is -0.391 e. The predicted molar refractivity (Wildman–Crippen MR) is 85.8 cm³/mol. The number of rotatable bonds is 4. The van der Waals surface area contributed by atoms with E-state index in [2.05, 4.69) is 5.32 Å². The van der Waals surface area contributed by atoms with Crippen molar-refractivity contribution in [3.05, 3.63) is 33.8 Å². The molecule has 1 saturated carbocycles. The highest BCUT2D eigenvalue weighted by Gasteiger charge is 2.22. The number of halogens is 2. The van der Waals surface area contributed by atoms with Crippen LogP contribution < -0.4 is 5.32 Å². The minimum atomic E-state index is -0.421. The van der Waals surface area contributed by atoms with E-state index in [1.54, 1.807) is 12.1 Å². The third-order valence-corrected chi connectivity index (χ3v) is 4.55. The van der Waals surface area contributed by atoms with Crippen LogP contribution in [0.3, 0.4) is 0 Å². The Morgan fingerprint density at radius 3 is 2.76 bits per heavy atom. The maximum absolute atomic E-state index is 12.0. The highest BCUT2D eigenvalue weighted by molar-refractivity contribution is 6.35. The fourth-order valence-corrected chi connectivity index (χ4v) is 3.21. The zero-order valence-corrected chi connectivity index (χ0v) is 13.5. The molecule has 1 aliphatic rings. The van der Waals surface area contributed by atoms with E-state index in [1.807, 2.05) is 6.07 Å². The molecule has 1 fully saturated rings. The van der Waals surface area contributed by atoms with Gasteiger partial charge < -0.3 is 10.4 Å². The lowest BCUT2D eigenvalue weighted by atomic mass is 10.1. The summed E-state index contributed by atoms with van der Waals surface area (Å²) in [6, 6.07) is 5.19. The summed E-state index contributed by atoms with van der Waals surface area (Å²) in [6.07, 6.45) is 5.37. The molecular weight excluding hydrogens is 309 g/mol. The van der Waals surface area contributed by atoms with Crippen molar-refractivity contribution in [2.75, 3.05) is 0 Å². The van der Waals surface area contributed by atoms with Gasteiger partial charge in [0.1, 0.15) is 0 Å². The highest BCUT2D eigenvalue weighted by Crippen LogP contribution is 2.22. The van der Waals surface area contributed by atoms with Crippen LogP contribution in [0.15, 0.2) is 18.2 Å². The van der Waals surface area contributed by atoms with E-state index in [-0.39, 0.29) is 11.9 Å². The van der Waals surface area contributed by atoms with E-state index in [4.69, 9.17) is 23.2 Å². The number of aliphatic hydroxyl groups excluding tert-OH is 1. The van der Waals surface area contributed by atoms with E-state index in [1.165, 1.54) is 0 Å². The van der Waals surface area contributed by atoms with E-state index >= 15 is 0 Å². The molecule has 0 aromatic heterocycles. The lowest BCUT2D eigenvalue weighted by Gasteiger charge is -2.21. The molecule has 3 nitrogen and oxygen atoms in total. The van der Waals surface area contributed by atoms with Gasteiger partial charge in [0.15, 0.2) is 0 Å². The van der Waals surface area contributed by atoms with Crippen LogP contribution in [-0.4, -0.2) is 23.2 Å². The van der Waals surface area contributed by atoms with Gasteiger partial charge in [-0.05, 0) is 37.0 Å². The van der Waals surface area contributed by atoms with Gasteiger partial charge in [0.25, 0.3) is 0 Å². The lowest BCUT2D eigenvalue weighted by Crippen LogP contribution is -2.42. The second kappa shape index (κ2) is 8.02. The Bertz CT molecular complexity index is 493. The molecule has 0 heterocycles. The number of hydrogen-bond acceptors (Lipinski definition) is 2. The van der Waals surface area contributed by atoms with Crippen molar-refractivity contribution in [3.8, 4) is 0 Å². The summed E-state index contributed by atoms with van der Waals surface area (Å²) in [6.45, 7) is 0. The van der Waals surface area contributed by atoms with Gasteiger partial charge in [-0.15, -0.1) is 0 Å². The van der Waals surface area contributed by atoms with Crippen molar-refractivity contribution >= 4 is 29.1 Å². The summed E-state index contributed by atoms with van der Waals surface area (Å²) >= 11 is 11.9. The van der Waals surface area contributed by atoms with Crippen LogP contribution in [0.4, 0.5) is 0 Å². The molecule has 0 radical (unpaired) electrons. The van der Waals surface area contributed by atoms with Gasteiger partial charge in [-0.3, -0.25) is 4.79 Å². The first-order chi connectivity index (χ1) is 10.1. The number of aliphatic hydroxyl groups is 1. The van der Waals surface area contributed by atoms with Crippen molar-refractivity contribution < 1.29 is 9.90 Å². The van der Waals surface area contributed by atoms with E-state index in [0.717, 1.165) is 37.7 Å². The highest BCUT2D eigenvalue weighted by atomic mass is 35.5. The third-order valence-electron chi connectivity index (χ3n) is 3.96. The Hall–Kier alpha value is -0.770. The summed E-state index contributed by atoms with van der Waals surface area (Å²) in [7, 11) is 0. The maximum Gasteiger partial charge on any atom is 0.220 e. The fraction of sp³-hybridized carbons (Fsp3) is 0.562. The van der Waals surface area contributed by atoms with Gasteiger partial charge in [-0.2, -0.15) is 0 Å². The molecule has 2 N–H and O–H groups in total. The standard InChI is InChI=1S/C16H21Cl2NO2/c17-12-8-6-11(13(18)10-12)7-9-16(21)19-14-4-2-1-3-5-15(14)20/h6,8,10,14-15,20H,1-5,7,9H2,(H,19,21). The molecule has 116 valence electrons. The summed E-state index contributed by atoms with van der Waals surface area (Å²) in [5.74, 6) is -0.0352. The normalized spacial score (nSPS) is 22.6. The van der Waals surface area contributed by atoms with Crippen LogP contribution in [-0.2, 0) is 11.2 Å². The molecule has 21 heavy (non-hydrogen) atoms. The largest absolute Gasteiger partial charge is 0.391 e. The number of amides is 1. The van der Waals surface area contributed by atoms with Crippen molar-refractivity contribution in [1.82, 2.24) is 5.32 Å². The van der Waals surface area contributed by atoms with Crippen LogP contribution >= 0.6 is 23.2 Å². The second-order valence-corrected chi connectivity index (χ2v) is 6.46. The van der Waals surface area contributed by atoms with Gasteiger partial charge in [0.05, 0.1) is 12.1 Å². The quantitative estimate of drug-likeness (QED) is 0.827. The monoisotopic (exact) mass is 329 g/mol. The molecule has 2 atom stereocenters. The van der Waals surface area contributed by atoms with Crippen LogP contribution in [0.1, 0.15) is 44.1 Å². The molecular formula is C16H21Cl2NO2. The van der Waals surface area contributed by atoms with Gasteiger partial charge in [-0.25, -0.2) is 0 Å². The SMILES string of the molecule is O=C(CCc1ccc(Cl)cc1Cl)NC1CCCCCC1O. The van der Waals surface area contributed by atoms with Crippen LogP contribution in [0.2, 0.25) is 10.0 Å². The number of hydrogen-bond donors (Lipinski definition) is 2. The van der Waals surface area contributed by atoms with Crippen molar-refractivity contribution in [2.24, 2.45) is 0 Å². The van der Waals surface area contributed by atoms with Gasteiger partial charge in [-0.1, -0.05) is 48.5 Å². The number of carbonyl (C=O) groups is 1. The Morgan fingerprint density at radius 2 is 2.00 bits per heavy atom. The second-order valence-electron chi connectivity index (χ2n) is 5.62. The molecule has 0 aliphatic heterocycles. The topological polar surface area (TPSA) is 49.3 Å². The smallest absolute Gasteiger partial charge is 0.220 e. The summed E-state index contributed by atoms with van der Waals surface area (Å²) < 4.78 is 0. The lowest BCUT2D eigenvalue weighted by molar-refractivity contribution is -0.122. The number of aryl methyl sites for hydroxylation is 1. The Morgan fingerprint density at radius 1 is 1.24 bits per heavy atom. The van der Waals surface area contributed by atoms with E-state index in [0.29, 0.717) is 22.9 Å². The number of benzene rings is 1. The fourth-order valence-electron chi connectivity index (χ4n) is 2.71. The van der Waals surface area contributed by atoms with Gasteiger partial charge in [0, 0.05) is 16.5 Å². The molecule has 0 saturated heterocycles. The molecule has 5 heteroatoms. The van der Waals surface area contributed by atoms with E-state index in [9.17, 15) is 9.90 Å². The molecule has 1 aromatic carbocycles. The molecule has 0 bridgehead atoms. The molecule has 1 aliphatic carbocycles. The summed E-state index contributed by atoms with van der Waals surface area (Å²) in [4.78, 5) is 12.0. The van der Waals surface area contributed by atoms with Crippen LogP contribution in [0, 0.1) is 0 Å². The zero-order chi connectivity index (χ0) is 15.2. The Balaban J connectivity index is 1.84. The van der Waals surface area contributed by atoms with Crippen LogP contribution in [0.5, 0.6) is 0 Å². The third kappa shape index (κ3) is 5.17. The maximum atomic E-state index is 12.0. The Kier molecular flexibility index (Phi) is 6.34. The predicted octanol–water partition coefficient (Wildman–Crippen LogP) is 3.74. The minimum absolute atomic E-state index is 0.0352. The molecule has 2 rings (SSSR count). The number of carbonyl (C=O) groups excluding carboxylic acids is 1. The van der Waals surface area contributed by atoms with Gasteiger partial charge >= 0.3 is 0 Å². The summed E-state index contributed by atoms with van der Waals surface area (Å²) in [5, 5.41) is 14.1. The average Bonchev–Trinajstić information content (AvgIpc) is 2.63. The van der Waals surface area contributed by atoms with Crippen molar-refractivity contribution in [1.29, 1.82) is 0 Å². The van der Waals surface area contributed by atoms with Crippen molar-refractivity contribution in [3.63, 3.8) is 0 Å². The van der Waals surface area contributed by atoms with Crippen LogP contribution in [0.25, 0.3) is 0 Å². The van der Waals surface area contributed by atoms with Crippen molar-refractivity contribution in [2.45, 2.75) is 57.1 Å². The first-order valence-corrected chi connectivity index (χ1v) is 8.23. The molecule has 2 unspecified atom stereocenters. The molecule has 1 amide bonds. The number of nitrogens with one attached hydrogen (secondary N) is 1. The molecule has 1 aromatic rings. The molecule has 0 spiro atoms. The average molecular weight is 330 g/mol. The first kappa shape index (κ1) is 16.6.